The van der Waals surface area contributed by atoms with Crippen LogP contribution in [0.5, 0.6) is 0 Å². The molecule has 2 aromatic heterocycles. The minimum absolute atomic E-state index is 0.0205. The number of allylic oxidation sites excluding steroid dienone is 1. The van der Waals surface area contributed by atoms with E-state index in [1.165, 1.54) is 35.7 Å². The molecule has 1 aliphatic carbocycles. The molecule has 0 radical (unpaired) electrons. The average Bonchev–Trinajstić information content (AvgIpc) is 3.74. The number of hydrogen-bond acceptors (Lipinski definition) is 9. The molecule has 4 N–H and O–H groups in total. The van der Waals surface area contributed by atoms with Crippen LogP contribution in [0.3, 0.4) is 0 Å². The molecule has 1 saturated heterocycles. The van der Waals surface area contributed by atoms with Gasteiger partial charge >= 0.3 is 0 Å². The van der Waals surface area contributed by atoms with E-state index in [0.29, 0.717) is 18.4 Å². The van der Waals surface area contributed by atoms with Gasteiger partial charge in [-0.2, -0.15) is 0 Å². The topological polar surface area (TPSA) is 208 Å². The zero-order valence-electron chi connectivity index (χ0n) is 45.3. The minimum Gasteiger partial charge on any atom is -0.343 e. The number of nitrogens with zero attached hydrogens (tertiary/aromatic N) is 6. The molecule has 7 rings (SSSR count). The van der Waals surface area contributed by atoms with Crippen molar-refractivity contribution in [2.24, 2.45) is 17.8 Å². The summed E-state index contributed by atoms with van der Waals surface area (Å²) in [6.07, 6.45) is 13.2. The van der Waals surface area contributed by atoms with Gasteiger partial charge in [-0.25, -0.2) is 9.97 Å². The number of benzene rings is 2. The van der Waals surface area contributed by atoms with Crippen molar-refractivity contribution in [2.45, 2.75) is 161 Å². The quantitative estimate of drug-likeness (QED) is 0.127. The van der Waals surface area contributed by atoms with Crippen LogP contribution in [0.15, 0.2) is 85.7 Å². The summed E-state index contributed by atoms with van der Waals surface area (Å²) in [6.45, 7) is 17.6. The minimum atomic E-state index is -1.33. The molecule has 2 aliphatic heterocycles. The maximum absolute atomic E-state index is 15.5. The largest absolute Gasteiger partial charge is 0.343 e. The molecule has 402 valence electrons. The van der Waals surface area contributed by atoms with Gasteiger partial charge in [0, 0.05) is 62.2 Å². The first-order chi connectivity index (χ1) is 35.7. The summed E-state index contributed by atoms with van der Waals surface area (Å²) in [5.74, 6) is -3.78. The second-order valence-corrected chi connectivity index (χ2v) is 22.3. The summed E-state index contributed by atoms with van der Waals surface area (Å²) >= 11 is 0. The highest BCUT2D eigenvalue weighted by atomic mass is 16.2. The van der Waals surface area contributed by atoms with Gasteiger partial charge in [-0.3, -0.25) is 33.6 Å². The Morgan fingerprint density at radius 3 is 2.07 bits per heavy atom. The zero-order chi connectivity index (χ0) is 54.3. The maximum Gasteiger partial charge on any atom is 0.246 e. The van der Waals surface area contributed by atoms with Crippen molar-refractivity contribution in [3.05, 3.63) is 97.1 Å². The lowest BCUT2D eigenvalue weighted by molar-refractivity contribution is -0.150. The molecule has 2 fully saturated rings. The van der Waals surface area contributed by atoms with Crippen LogP contribution in [0.1, 0.15) is 111 Å². The third kappa shape index (κ3) is 13.1. The fourth-order valence-electron chi connectivity index (χ4n) is 10.5. The normalized spacial score (nSPS) is 25.0. The number of hydrogen-bond donors (Lipinski definition) is 4. The fourth-order valence-corrected chi connectivity index (χ4v) is 10.5. The van der Waals surface area contributed by atoms with Crippen LogP contribution in [0.25, 0.3) is 21.8 Å². The first-order valence-electron chi connectivity index (χ1n) is 26.8. The number of para-hydroxylation sites is 2. The summed E-state index contributed by atoms with van der Waals surface area (Å²) in [5, 5.41) is 13.6. The number of carbonyl (C=O) groups is 7. The average molecular weight is 1030 g/mol. The Balaban J connectivity index is 1.35. The van der Waals surface area contributed by atoms with Gasteiger partial charge in [-0.1, -0.05) is 102 Å². The van der Waals surface area contributed by atoms with Crippen LogP contribution < -0.4 is 21.3 Å². The van der Waals surface area contributed by atoms with Gasteiger partial charge in [0.05, 0.1) is 11.1 Å². The Hall–Kier alpha value is -6.91. The van der Waals surface area contributed by atoms with Gasteiger partial charge in [-0.05, 0) is 88.3 Å². The van der Waals surface area contributed by atoms with Crippen LogP contribution in [-0.4, -0.2) is 134 Å². The summed E-state index contributed by atoms with van der Waals surface area (Å²) in [4.78, 5) is 118. The molecule has 0 unspecified atom stereocenters. The van der Waals surface area contributed by atoms with Crippen LogP contribution in [0.2, 0.25) is 0 Å². The first-order valence-corrected chi connectivity index (χ1v) is 26.8. The van der Waals surface area contributed by atoms with Gasteiger partial charge in [0.2, 0.25) is 41.4 Å². The van der Waals surface area contributed by atoms with Crippen molar-refractivity contribution in [3.63, 3.8) is 0 Å². The zero-order valence-corrected chi connectivity index (χ0v) is 45.3. The molecular formula is C58H78N10O7. The van der Waals surface area contributed by atoms with Crippen molar-refractivity contribution in [1.29, 1.82) is 0 Å². The highest BCUT2D eigenvalue weighted by Crippen LogP contribution is 2.32. The molecule has 2 bridgehead atoms. The van der Waals surface area contributed by atoms with E-state index in [0.717, 1.165) is 41.1 Å². The second kappa shape index (κ2) is 24.2. The third-order valence-corrected chi connectivity index (χ3v) is 15.3. The van der Waals surface area contributed by atoms with Crippen molar-refractivity contribution >= 4 is 63.2 Å². The standard InChI is InChI=1S/C58H78N10O7/c1-11-58(7,8)68-34-40(41-23-15-17-25-46(41)68)31-45-56(74)66(10)48(28-35(2)3)53(71)63-44(32-50-59-33-39-22-14-16-24-42(39)61-50)51(69)60-37(6)55(73)65(9)47-26-13-12-18-27-67(57(47)75)49(29-36(4)5)54(72)62-43(52(70)64-45)30-38-20-19-21-38/h11-17,22-25,33-38,43-45,47-49H,1,18-21,26-32H2,2-10H3,(H,60,69)(H,62,72)(H,63,71)(H,64,70)/b13-12-/t37-,43-,44-,45-,47-,48-,49-/m0/s1. The lowest BCUT2D eigenvalue weighted by atomic mass is 9.80. The van der Waals surface area contributed by atoms with Gasteiger partial charge in [0.1, 0.15) is 48.1 Å². The number of fused-ring (bicyclic) bond motifs is 4. The van der Waals surface area contributed by atoms with E-state index in [1.807, 2.05) is 114 Å². The predicted molar refractivity (Wildman–Crippen MR) is 290 cm³/mol. The highest BCUT2D eigenvalue weighted by molar-refractivity contribution is 5.99. The monoisotopic (exact) mass is 1030 g/mol. The molecule has 7 atom stereocenters. The Bertz CT molecular complexity index is 2800. The Morgan fingerprint density at radius 2 is 1.37 bits per heavy atom. The predicted octanol–water partition coefficient (Wildman–Crippen LogP) is 5.75. The SMILES string of the molecule is C=CC(C)(C)n1cc(C[C@@H]2NC(=O)[C@H](CC3CCC3)NC(=O)[C@H](CC(C)C)N3CC/C=C\C[C@@H](C3=O)N(C)C(=O)[C@H](C)NC(=O)[C@H](Cc3ncc4ccccc4n3)NC(=O)[C@H](CC(C)C)N(C)C2=O)c2ccccc21. The molecule has 17 nitrogen and oxygen atoms in total. The van der Waals surface area contributed by atoms with E-state index < -0.39 is 89.2 Å². The first kappa shape index (κ1) is 55.8. The van der Waals surface area contributed by atoms with Gasteiger partial charge in [0.25, 0.3) is 0 Å². The van der Waals surface area contributed by atoms with E-state index >= 15 is 14.4 Å². The molecular weight excluding hydrogens is 949 g/mol. The van der Waals surface area contributed by atoms with E-state index in [2.05, 4.69) is 37.4 Å². The molecule has 4 heterocycles. The summed E-state index contributed by atoms with van der Waals surface area (Å²) < 4.78 is 2.08. The number of rotatable bonds is 12. The van der Waals surface area contributed by atoms with Crippen molar-refractivity contribution < 1.29 is 33.6 Å². The number of amides is 7. The third-order valence-electron chi connectivity index (χ3n) is 15.3. The van der Waals surface area contributed by atoms with E-state index in [-0.39, 0.29) is 62.2 Å². The lowest BCUT2D eigenvalue weighted by Crippen LogP contribution is -2.61. The maximum atomic E-state index is 15.5. The van der Waals surface area contributed by atoms with Crippen LogP contribution in [0.4, 0.5) is 0 Å². The summed E-state index contributed by atoms with van der Waals surface area (Å²) in [7, 11) is 3.03. The molecule has 2 aromatic carbocycles. The Kier molecular flexibility index (Phi) is 18.0. The molecule has 17 heteroatoms. The van der Waals surface area contributed by atoms with E-state index in [9.17, 15) is 19.2 Å². The van der Waals surface area contributed by atoms with E-state index in [4.69, 9.17) is 4.98 Å². The van der Waals surface area contributed by atoms with Crippen LogP contribution >= 0.6 is 0 Å². The van der Waals surface area contributed by atoms with Crippen molar-refractivity contribution in [2.75, 3.05) is 20.6 Å². The second-order valence-electron chi connectivity index (χ2n) is 22.3. The fraction of sp³-hybridized carbons (Fsp3) is 0.534. The molecule has 4 aromatic rings. The number of carbonyl (C=O) groups excluding carboxylic acids is 7. The summed E-state index contributed by atoms with van der Waals surface area (Å²) in [6, 6.07) is 7.17. The van der Waals surface area contributed by atoms with E-state index in [1.54, 1.807) is 6.20 Å². The van der Waals surface area contributed by atoms with Crippen molar-refractivity contribution in [3.8, 4) is 0 Å². The molecule has 0 spiro atoms. The lowest BCUT2D eigenvalue weighted by Gasteiger charge is -2.39. The Morgan fingerprint density at radius 1 is 0.733 bits per heavy atom. The van der Waals surface area contributed by atoms with Gasteiger partial charge in [0.15, 0.2) is 0 Å². The molecule has 7 amide bonds. The van der Waals surface area contributed by atoms with Crippen LogP contribution in [0, 0.1) is 17.8 Å². The van der Waals surface area contributed by atoms with Crippen LogP contribution in [-0.2, 0) is 51.9 Å². The molecule has 1 saturated carbocycles. The smallest absolute Gasteiger partial charge is 0.246 e. The van der Waals surface area contributed by atoms with Gasteiger partial charge < -0.3 is 40.5 Å². The Labute approximate surface area is 441 Å². The summed E-state index contributed by atoms with van der Waals surface area (Å²) in [5.41, 5.74) is 1.75. The van der Waals surface area contributed by atoms with Crippen molar-refractivity contribution in [1.82, 2.24) is 50.5 Å². The van der Waals surface area contributed by atoms with Gasteiger partial charge in [-0.15, -0.1) is 6.58 Å². The number of aromatic nitrogens is 3. The highest BCUT2D eigenvalue weighted by Gasteiger charge is 2.42. The molecule has 3 aliphatic rings. The number of nitrogens with one attached hydrogen (secondary N) is 4. The molecule has 75 heavy (non-hydrogen) atoms. The number of likely N-dealkylation sites (N-methyl/N-ethyl adjacent to an activating group) is 2.